The summed E-state index contributed by atoms with van der Waals surface area (Å²) in [5.74, 6) is -0.221. The maximum absolute atomic E-state index is 12.6. The second-order valence-electron chi connectivity index (χ2n) is 6.86. The van der Waals surface area contributed by atoms with Crippen molar-refractivity contribution in [1.29, 1.82) is 0 Å². The fourth-order valence-corrected chi connectivity index (χ4v) is 3.76. The lowest BCUT2D eigenvalue weighted by Gasteiger charge is -2.18. The molecule has 1 amide bonds. The summed E-state index contributed by atoms with van der Waals surface area (Å²) in [4.78, 5) is 12.6. The van der Waals surface area contributed by atoms with E-state index in [0.29, 0.717) is 11.3 Å². The first kappa shape index (κ1) is 18.5. The highest BCUT2D eigenvalue weighted by molar-refractivity contribution is 7.92. The molecular weight excluding hydrogens is 348 g/mol. The van der Waals surface area contributed by atoms with Crippen LogP contribution in [0.2, 0.25) is 0 Å². The molecule has 3 rings (SSSR count). The van der Waals surface area contributed by atoms with E-state index in [0.717, 1.165) is 29.0 Å². The van der Waals surface area contributed by atoms with Crippen molar-refractivity contribution in [2.24, 2.45) is 0 Å². The lowest BCUT2D eigenvalue weighted by atomic mass is 10.0. The molecule has 1 unspecified atom stereocenters. The Bertz CT molecular complexity index is 938. The number of nitrogens with zero attached hydrogens (tertiary/aromatic N) is 1. The Morgan fingerprint density at radius 3 is 2.58 bits per heavy atom. The zero-order chi connectivity index (χ0) is 18.9. The minimum absolute atomic E-state index is 0.121. The molecule has 1 aliphatic carbocycles. The van der Waals surface area contributed by atoms with Gasteiger partial charge < -0.3 is 5.32 Å². The Kier molecular flexibility index (Phi) is 5.05. The van der Waals surface area contributed by atoms with Gasteiger partial charge in [-0.15, -0.1) is 0 Å². The SMILES string of the molecule is CC(NC(=O)c1cccc(N(C)S(C)(=O)=O)c1)c1ccc2c(c1)CCC2. The third kappa shape index (κ3) is 3.90. The molecule has 1 atom stereocenters. The fourth-order valence-electron chi connectivity index (χ4n) is 3.26. The molecule has 6 heteroatoms. The van der Waals surface area contributed by atoms with Gasteiger partial charge in [-0.2, -0.15) is 0 Å². The van der Waals surface area contributed by atoms with Gasteiger partial charge in [0.05, 0.1) is 18.0 Å². The normalized spacial score (nSPS) is 14.6. The van der Waals surface area contributed by atoms with Crippen LogP contribution in [0.4, 0.5) is 5.69 Å². The highest BCUT2D eigenvalue weighted by Gasteiger charge is 2.17. The number of carbonyl (C=O) groups is 1. The number of sulfonamides is 1. The van der Waals surface area contributed by atoms with E-state index in [-0.39, 0.29) is 11.9 Å². The second kappa shape index (κ2) is 7.11. The summed E-state index contributed by atoms with van der Waals surface area (Å²) in [6, 6.07) is 12.9. The Labute approximate surface area is 155 Å². The number of anilines is 1. The molecule has 26 heavy (non-hydrogen) atoms. The highest BCUT2D eigenvalue weighted by atomic mass is 32.2. The van der Waals surface area contributed by atoms with E-state index < -0.39 is 10.0 Å². The molecule has 2 aromatic carbocycles. The van der Waals surface area contributed by atoms with Crippen LogP contribution in [0.1, 0.15) is 46.4 Å². The summed E-state index contributed by atoms with van der Waals surface area (Å²) >= 11 is 0. The van der Waals surface area contributed by atoms with Crippen molar-refractivity contribution in [2.45, 2.75) is 32.2 Å². The first-order chi connectivity index (χ1) is 12.3. The van der Waals surface area contributed by atoms with Crippen molar-refractivity contribution in [3.05, 3.63) is 64.7 Å². The van der Waals surface area contributed by atoms with E-state index in [2.05, 4.69) is 23.5 Å². The van der Waals surface area contributed by atoms with Gasteiger partial charge in [0, 0.05) is 12.6 Å². The smallest absolute Gasteiger partial charge is 0.251 e. The number of fused-ring (bicyclic) bond motifs is 1. The molecule has 0 aromatic heterocycles. The van der Waals surface area contributed by atoms with Crippen LogP contribution in [0.15, 0.2) is 42.5 Å². The summed E-state index contributed by atoms with van der Waals surface area (Å²) in [5.41, 5.74) is 4.77. The molecule has 1 N–H and O–H groups in total. The monoisotopic (exact) mass is 372 g/mol. The van der Waals surface area contributed by atoms with Crippen molar-refractivity contribution < 1.29 is 13.2 Å². The first-order valence-electron chi connectivity index (χ1n) is 8.72. The quantitative estimate of drug-likeness (QED) is 0.877. The van der Waals surface area contributed by atoms with E-state index in [4.69, 9.17) is 0 Å². The molecule has 0 aliphatic heterocycles. The van der Waals surface area contributed by atoms with Gasteiger partial charge in [0.15, 0.2) is 0 Å². The third-order valence-corrected chi connectivity index (χ3v) is 6.15. The molecule has 0 heterocycles. The van der Waals surface area contributed by atoms with Crippen molar-refractivity contribution >= 4 is 21.6 Å². The summed E-state index contributed by atoms with van der Waals surface area (Å²) in [5, 5.41) is 3.00. The lowest BCUT2D eigenvalue weighted by Crippen LogP contribution is -2.28. The summed E-state index contributed by atoms with van der Waals surface area (Å²) in [6.45, 7) is 1.96. The van der Waals surface area contributed by atoms with Crippen LogP contribution in [0.25, 0.3) is 0 Å². The minimum atomic E-state index is -3.37. The summed E-state index contributed by atoms with van der Waals surface area (Å²) in [6.07, 6.45) is 4.57. The number of aryl methyl sites for hydroxylation is 2. The molecule has 5 nitrogen and oxygen atoms in total. The van der Waals surface area contributed by atoms with E-state index in [1.54, 1.807) is 24.3 Å². The molecule has 0 saturated heterocycles. The van der Waals surface area contributed by atoms with Crippen LogP contribution in [0.3, 0.4) is 0 Å². The third-order valence-electron chi connectivity index (χ3n) is 4.94. The topological polar surface area (TPSA) is 66.5 Å². The number of nitrogens with one attached hydrogen (secondary N) is 1. The molecule has 138 valence electrons. The van der Waals surface area contributed by atoms with Crippen molar-refractivity contribution in [3.63, 3.8) is 0 Å². The van der Waals surface area contributed by atoms with Crippen LogP contribution < -0.4 is 9.62 Å². The predicted octanol–water partition coefficient (Wildman–Crippen LogP) is 3.06. The van der Waals surface area contributed by atoms with Gasteiger partial charge in [0.2, 0.25) is 10.0 Å². The number of hydrogen-bond donors (Lipinski definition) is 1. The Morgan fingerprint density at radius 1 is 1.12 bits per heavy atom. The lowest BCUT2D eigenvalue weighted by molar-refractivity contribution is 0.0940. The number of carbonyl (C=O) groups excluding carboxylic acids is 1. The van der Waals surface area contributed by atoms with Crippen molar-refractivity contribution in [3.8, 4) is 0 Å². The molecule has 0 saturated carbocycles. The van der Waals surface area contributed by atoms with Crippen LogP contribution in [0, 0.1) is 0 Å². The molecule has 1 aliphatic rings. The maximum Gasteiger partial charge on any atom is 0.251 e. The van der Waals surface area contributed by atoms with Gasteiger partial charge >= 0.3 is 0 Å². The van der Waals surface area contributed by atoms with Gasteiger partial charge in [-0.1, -0.05) is 24.3 Å². The van der Waals surface area contributed by atoms with Crippen LogP contribution in [-0.4, -0.2) is 27.6 Å². The number of hydrogen-bond acceptors (Lipinski definition) is 3. The van der Waals surface area contributed by atoms with Gasteiger partial charge in [-0.25, -0.2) is 8.42 Å². The molecule has 2 aromatic rings. The molecule has 0 spiro atoms. The van der Waals surface area contributed by atoms with Gasteiger partial charge in [0.25, 0.3) is 5.91 Å². The fraction of sp³-hybridized carbons (Fsp3) is 0.350. The Balaban J connectivity index is 1.75. The van der Waals surface area contributed by atoms with E-state index in [9.17, 15) is 13.2 Å². The van der Waals surface area contributed by atoms with Crippen molar-refractivity contribution in [1.82, 2.24) is 5.32 Å². The molecule has 0 fully saturated rings. The minimum Gasteiger partial charge on any atom is -0.346 e. The van der Waals surface area contributed by atoms with Gasteiger partial charge in [0.1, 0.15) is 0 Å². The average Bonchev–Trinajstić information content (AvgIpc) is 3.08. The highest BCUT2D eigenvalue weighted by Crippen LogP contribution is 2.25. The van der Waals surface area contributed by atoms with Crippen LogP contribution in [-0.2, 0) is 22.9 Å². The number of benzene rings is 2. The standard InChI is InChI=1S/C20H24N2O3S/c1-14(16-11-10-15-6-4-7-17(15)12-16)21-20(23)18-8-5-9-19(13-18)22(2)26(3,24)25/h5,8-14H,4,6-7H2,1-3H3,(H,21,23). The van der Waals surface area contributed by atoms with E-state index in [1.165, 1.54) is 24.6 Å². The van der Waals surface area contributed by atoms with E-state index in [1.807, 2.05) is 6.92 Å². The predicted molar refractivity (Wildman–Crippen MR) is 104 cm³/mol. The van der Waals surface area contributed by atoms with Crippen molar-refractivity contribution in [2.75, 3.05) is 17.6 Å². The molecule has 0 radical (unpaired) electrons. The molecular formula is C20H24N2O3S. The summed E-state index contributed by atoms with van der Waals surface area (Å²) < 4.78 is 24.5. The molecule has 0 bridgehead atoms. The first-order valence-corrected chi connectivity index (χ1v) is 10.6. The largest absolute Gasteiger partial charge is 0.346 e. The van der Waals surface area contributed by atoms with Crippen LogP contribution in [0.5, 0.6) is 0 Å². The van der Waals surface area contributed by atoms with Gasteiger partial charge in [-0.05, 0) is 61.1 Å². The zero-order valence-corrected chi connectivity index (χ0v) is 16.1. The Hall–Kier alpha value is -2.34. The Morgan fingerprint density at radius 2 is 1.85 bits per heavy atom. The summed E-state index contributed by atoms with van der Waals surface area (Å²) in [7, 11) is -1.90. The zero-order valence-electron chi connectivity index (χ0n) is 15.3. The second-order valence-corrected chi connectivity index (χ2v) is 8.87. The average molecular weight is 372 g/mol. The number of rotatable bonds is 5. The van der Waals surface area contributed by atoms with Gasteiger partial charge in [-0.3, -0.25) is 9.10 Å². The maximum atomic E-state index is 12.6. The number of amides is 1. The van der Waals surface area contributed by atoms with Crippen LogP contribution >= 0.6 is 0 Å². The van der Waals surface area contributed by atoms with E-state index >= 15 is 0 Å².